The zero-order valence-corrected chi connectivity index (χ0v) is 16.4. The predicted octanol–water partition coefficient (Wildman–Crippen LogP) is 1.01. The molecule has 4 radical (unpaired) electrons. The molecule has 0 aromatic heterocycles. The fraction of sp³-hybridized carbons (Fsp3) is 0. The minimum atomic E-state index is -4.68. The van der Waals surface area contributed by atoms with Crippen LogP contribution in [0.4, 0.5) is 0 Å². The van der Waals surface area contributed by atoms with Crippen LogP contribution in [0.25, 0.3) is 0 Å². The van der Waals surface area contributed by atoms with Gasteiger partial charge in [0.15, 0.2) is 0 Å². The van der Waals surface area contributed by atoms with Crippen LogP contribution in [0.5, 0.6) is 0 Å². The molecular formula is O16P4Si3. The molecule has 0 N–H and O–H groups in total. The van der Waals surface area contributed by atoms with E-state index in [0.717, 1.165) is 0 Å². The van der Waals surface area contributed by atoms with Gasteiger partial charge in [-0.15, -0.1) is 37.4 Å². The van der Waals surface area contributed by atoms with Crippen molar-refractivity contribution in [2.45, 2.75) is 0 Å². The first kappa shape index (κ1) is 17.5. The third-order valence-corrected chi connectivity index (χ3v) is 65.5. The lowest BCUT2D eigenvalue weighted by atomic mass is 14.5. The summed E-state index contributed by atoms with van der Waals surface area (Å²) in [7, 11) is -18.5. The molecule has 16 nitrogen and oxygen atoms in total. The third-order valence-electron chi connectivity index (χ3n) is 2.65. The summed E-state index contributed by atoms with van der Waals surface area (Å²) in [6.45, 7) is 0. The van der Waals surface area contributed by atoms with Gasteiger partial charge in [-0.3, -0.25) is 18.3 Å². The standard InChI is InChI=1S/O16P4Si3/c1-17(9-5-10-17)22(18(2)11-6-12-18)23(21,19(3)13-7-14-19)20(4)15-8-16-20. The van der Waals surface area contributed by atoms with E-state index < -0.39 is 42.7 Å². The van der Waals surface area contributed by atoms with Crippen molar-refractivity contribution in [3.63, 3.8) is 0 Å². The molecule has 23 heavy (non-hydrogen) atoms. The van der Waals surface area contributed by atoms with E-state index >= 15 is 0 Å². The highest BCUT2D eigenvalue weighted by molar-refractivity contribution is 8.54. The lowest BCUT2D eigenvalue weighted by Gasteiger charge is -2.45. The first-order valence-corrected chi connectivity index (χ1v) is 20.5. The zero-order chi connectivity index (χ0) is 16.6. The fourth-order valence-electron chi connectivity index (χ4n) is 1.63. The second-order valence-corrected chi connectivity index (χ2v) is 41.5. The molecule has 0 amide bonds. The van der Waals surface area contributed by atoms with Gasteiger partial charge in [0.2, 0.25) is 0 Å². The van der Waals surface area contributed by atoms with Gasteiger partial charge in [-0.25, -0.2) is 0 Å². The molecule has 0 aliphatic carbocycles. The molecule has 0 saturated carbocycles. The van der Waals surface area contributed by atoms with Crippen LogP contribution in [0.1, 0.15) is 0 Å². The molecule has 4 aliphatic heterocycles. The molecule has 4 rings (SSSR count). The first-order chi connectivity index (χ1) is 10.7. The van der Waals surface area contributed by atoms with Crippen molar-refractivity contribution in [3.05, 3.63) is 0 Å². The molecule has 4 fully saturated rings. The summed E-state index contributed by atoms with van der Waals surface area (Å²) >= 11 is 0. The maximum atomic E-state index is 12.7. The van der Waals surface area contributed by atoms with Crippen molar-refractivity contribution in [2.24, 2.45) is 0 Å². The summed E-state index contributed by atoms with van der Waals surface area (Å²) in [5.74, 6) is 0. The highest BCUT2D eigenvalue weighted by Crippen LogP contribution is 2.89. The SMILES string of the molecule is O=P1([Si]([Si]([Si])(P2(=O)OOO2)P2(=O)OOO2)P2(=O)OOO2)OOO1. The summed E-state index contributed by atoms with van der Waals surface area (Å²) in [4.78, 5) is 0. The lowest BCUT2D eigenvalue weighted by Crippen LogP contribution is -2.59. The topological polar surface area (TPSA) is 179 Å². The summed E-state index contributed by atoms with van der Waals surface area (Å²) < 4.78 is 85.2. The van der Waals surface area contributed by atoms with Gasteiger partial charge >= 0.3 is 42.7 Å². The van der Waals surface area contributed by atoms with Crippen molar-refractivity contribution >= 4 is 52.4 Å². The molecule has 23 heteroatoms. The lowest BCUT2D eigenvalue weighted by molar-refractivity contribution is -0.488. The Morgan fingerprint density at radius 2 is 0.913 bits per heavy atom. The van der Waals surface area contributed by atoms with E-state index in [2.05, 4.69) is 67.3 Å². The molecule has 4 saturated heterocycles. The van der Waals surface area contributed by atoms with E-state index in [1.807, 2.05) is 0 Å². The van der Waals surface area contributed by atoms with Gasteiger partial charge in [0, 0.05) is 9.76 Å². The Bertz CT molecular complexity index is 637. The van der Waals surface area contributed by atoms with Crippen molar-refractivity contribution < 1.29 is 75.8 Å². The minimum absolute atomic E-state index is 2.93. The Hall–Kier alpha value is 1.09. The maximum absolute atomic E-state index is 12.7. The molecule has 128 valence electrons. The Morgan fingerprint density at radius 1 is 0.609 bits per heavy atom. The predicted molar refractivity (Wildman–Crippen MR) is 60.7 cm³/mol. The van der Waals surface area contributed by atoms with Gasteiger partial charge < -0.3 is 0 Å². The van der Waals surface area contributed by atoms with Crippen molar-refractivity contribution in [1.82, 2.24) is 0 Å². The molecule has 0 bridgehead atoms. The van der Waals surface area contributed by atoms with Crippen LogP contribution in [0.3, 0.4) is 0 Å². The average molecular weight is 464 g/mol. The Labute approximate surface area is 129 Å². The summed E-state index contributed by atoms with van der Waals surface area (Å²) in [5.41, 5.74) is 0. The molecule has 0 aromatic rings. The largest absolute Gasteiger partial charge is 0.370 e. The summed E-state index contributed by atoms with van der Waals surface area (Å²) in [6, 6.07) is 0. The summed E-state index contributed by atoms with van der Waals surface area (Å²) in [5, 5.41) is 15.6. The molecule has 0 atom stereocenters. The Kier molecular flexibility index (Phi) is 4.04. The zero-order valence-electron chi connectivity index (χ0n) is 9.82. The van der Waals surface area contributed by atoms with Gasteiger partial charge in [-0.05, 0) is 0 Å². The van der Waals surface area contributed by atoms with E-state index in [4.69, 9.17) is 0 Å². The highest BCUT2D eigenvalue weighted by Gasteiger charge is 2.89. The van der Waals surface area contributed by atoms with Crippen LogP contribution >= 0.6 is 28.6 Å². The molecule has 4 aliphatic rings. The summed E-state index contributed by atoms with van der Waals surface area (Å²) in [6.07, 6.45) is -4.68. The Morgan fingerprint density at radius 3 is 1.09 bits per heavy atom. The molecule has 0 aromatic carbocycles. The van der Waals surface area contributed by atoms with Gasteiger partial charge in [0.1, 0.15) is 0 Å². The number of hydrogen-bond donors (Lipinski definition) is 0. The molecule has 0 unspecified atom stereocenters. The van der Waals surface area contributed by atoms with E-state index in [0.29, 0.717) is 0 Å². The van der Waals surface area contributed by atoms with Crippen molar-refractivity contribution in [3.8, 4) is 0 Å². The van der Waals surface area contributed by atoms with Crippen LogP contribution < -0.4 is 0 Å². The van der Waals surface area contributed by atoms with E-state index in [-0.39, 0.29) is 0 Å². The number of hydrogen-bond acceptors (Lipinski definition) is 16. The highest BCUT2D eigenvalue weighted by atomic mass is 31.9. The molecule has 4 heterocycles. The minimum Gasteiger partial charge on any atom is -0.262 e. The molecular weight excluding hydrogens is 464 g/mol. The van der Waals surface area contributed by atoms with Gasteiger partial charge in [0.05, 0.1) is 0 Å². The fourth-order valence-corrected chi connectivity index (χ4v) is 70.3. The smallest absolute Gasteiger partial charge is 0.262 e. The monoisotopic (exact) mass is 464 g/mol. The van der Waals surface area contributed by atoms with Gasteiger partial charge in [-0.1, -0.05) is 20.2 Å². The maximum Gasteiger partial charge on any atom is 0.370 e. The quantitative estimate of drug-likeness (QED) is 0.319. The average Bonchev–Trinajstić information content (AvgIpc) is 2.37. The van der Waals surface area contributed by atoms with E-state index in [9.17, 15) is 18.3 Å². The third kappa shape index (κ3) is 2.15. The second-order valence-electron chi connectivity index (χ2n) is 3.85. The van der Waals surface area contributed by atoms with Crippen LogP contribution in [-0.2, 0) is 75.8 Å². The first-order valence-electron chi connectivity index (χ1n) is 4.92. The second kappa shape index (κ2) is 5.30. The van der Waals surface area contributed by atoms with Crippen LogP contribution in [-0.4, -0.2) is 23.9 Å². The van der Waals surface area contributed by atoms with Crippen molar-refractivity contribution in [2.75, 3.05) is 0 Å². The normalized spacial score (nSPS) is 33.0. The van der Waals surface area contributed by atoms with Gasteiger partial charge in [-0.2, -0.15) is 0 Å². The van der Waals surface area contributed by atoms with Crippen LogP contribution in [0.15, 0.2) is 0 Å². The van der Waals surface area contributed by atoms with Gasteiger partial charge in [0.25, 0.3) is 0 Å². The Balaban J connectivity index is 1.89. The van der Waals surface area contributed by atoms with Crippen LogP contribution in [0.2, 0.25) is 0 Å². The molecule has 0 spiro atoms. The van der Waals surface area contributed by atoms with Crippen molar-refractivity contribution in [1.29, 1.82) is 0 Å². The number of rotatable bonds is 5. The van der Waals surface area contributed by atoms with Crippen LogP contribution in [0, 0.1) is 0 Å². The van der Waals surface area contributed by atoms with E-state index in [1.165, 1.54) is 0 Å². The van der Waals surface area contributed by atoms with E-state index in [1.54, 1.807) is 0 Å².